The molecule has 2 heterocycles. The molecule has 0 atom stereocenters. The fraction of sp³-hybridized carbons (Fsp3) is 0.167. The molecule has 0 bridgehead atoms. The number of aromatic nitrogens is 3. The number of thiazole rings is 1. The highest BCUT2D eigenvalue weighted by molar-refractivity contribution is 8.01. The molecule has 0 amide bonds. The van der Waals surface area contributed by atoms with Gasteiger partial charge in [0.2, 0.25) is 0 Å². The molecule has 0 aliphatic heterocycles. The van der Waals surface area contributed by atoms with E-state index in [1.807, 2.05) is 35.1 Å². The number of hydrogen-bond acceptors (Lipinski definition) is 5. The standard InChI is InChI=1S/C12H12N4S2/c13-9-2-3-10-11(8-9)18-12(15-10)17-7-6-16-5-1-4-14-16/h1-5,8H,6-7,13H2. The molecular weight excluding hydrogens is 264 g/mol. The molecule has 3 aromatic rings. The van der Waals surface area contributed by atoms with Crippen molar-refractivity contribution in [2.24, 2.45) is 0 Å². The van der Waals surface area contributed by atoms with Crippen molar-refractivity contribution in [1.82, 2.24) is 14.8 Å². The van der Waals surface area contributed by atoms with E-state index in [-0.39, 0.29) is 0 Å². The molecule has 6 heteroatoms. The Morgan fingerprint density at radius 2 is 2.33 bits per heavy atom. The van der Waals surface area contributed by atoms with Gasteiger partial charge in [0.1, 0.15) is 0 Å². The van der Waals surface area contributed by atoms with Crippen molar-refractivity contribution in [2.45, 2.75) is 10.9 Å². The molecule has 0 radical (unpaired) electrons. The monoisotopic (exact) mass is 276 g/mol. The smallest absolute Gasteiger partial charge is 0.151 e. The minimum atomic E-state index is 0.791. The van der Waals surface area contributed by atoms with Gasteiger partial charge < -0.3 is 5.73 Å². The van der Waals surface area contributed by atoms with Gasteiger partial charge >= 0.3 is 0 Å². The summed E-state index contributed by atoms with van der Waals surface area (Å²) >= 11 is 3.45. The summed E-state index contributed by atoms with van der Waals surface area (Å²) in [6.07, 6.45) is 3.77. The number of aryl methyl sites for hydroxylation is 1. The van der Waals surface area contributed by atoms with Crippen LogP contribution >= 0.6 is 23.1 Å². The first kappa shape index (κ1) is 11.6. The zero-order valence-corrected chi connectivity index (χ0v) is 11.2. The fourth-order valence-electron chi connectivity index (χ4n) is 1.64. The zero-order valence-electron chi connectivity index (χ0n) is 9.61. The van der Waals surface area contributed by atoms with Gasteiger partial charge in [0.05, 0.1) is 16.8 Å². The van der Waals surface area contributed by atoms with E-state index in [1.165, 1.54) is 0 Å². The van der Waals surface area contributed by atoms with Gasteiger partial charge in [-0.3, -0.25) is 4.68 Å². The highest BCUT2D eigenvalue weighted by atomic mass is 32.2. The van der Waals surface area contributed by atoms with Crippen LogP contribution in [0, 0.1) is 0 Å². The first-order valence-corrected chi connectivity index (χ1v) is 7.38. The lowest BCUT2D eigenvalue weighted by molar-refractivity contribution is 0.666. The summed E-state index contributed by atoms with van der Waals surface area (Å²) in [4.78, 5) is 4.57. The summed E-state index contributed by atoms with van der Waals surface area (Å²) in [6, 6.07) is 7.77. The van der Waals surface area contributed by atoms with Gasteiger partial charge in [-0.25, -0.2) is 4.98 Å². The molecular formula is C12H12N4S2. The number of hydrogen-bond donors (Lipinski definition) is 1. The maximum Gasteiger partial charge on any atom is 0.151 e. The van der Waals surface area contributed by atoms with Crippen molar-refractivity contribution >= 4 is 39.0 Å². The van der Waals surface area contributed by atoms with Crippen LogP contribution in [0.3, 0.4) is 0 Å². The van der Waals surface area contributed by atoms with Crippen LogP contribution in [0.4, 0.5) is 5.69 Å². The van der Waals surface area contributed by atoms with Gasteiger partial charge in [-0.1, -0.05) is 11.8 Å². The van der Waals surface area contributed by atoms with E-state index < -0.39 is 0 Å². The van der Waals surface area contributed by atoms with Crippen LogP contribution in [0.2, 0.25) is 0 Å². The molecule has 92 valence electrons. The van der Waals surface area contributed by atoms with Gasteiger partial charge in [0, 0.05) is 23.8 Å². The van der Waals surface area contributed by atoms with E-state index >= 15 is 0 Å². The molecule has 3 rings (SSSR count). The van der Waals surface area contributed by atoms with Crippen LogP contribution < -0.4 is 5.73 Å². The molecule has 0 spiro atoms. The second-order valence-corrected chi connectivity index (χ2v) is 6.20. The highest BCUT2D eigenvalue weighted by Crippen LogP contribution is 2.30. The maximum absolute atomic E-state index is 5.76. The number of benzene rings is 1. The summed E-state index contributed by atoms with van der Waals surface area (Å²) in [7, 11) is 0. The van der Waals surface area contributed by atoms with E-state index in [0.29, 0.717) is 0 Å². The minimum Gasteiger partial charge on any atom is -0.399 e. The van der Waals surface area contributed by atoms with Gasteiger partial charge in [-0.2, -0.15) is 5.10 Å². The number of rotatable bonds is 4. The Morgan fingerprint density at radius 1 is 1.39 bits per heavy atom. The minimum absolute atomic E-state index is 0.791. The summed E-state index contributed by atoms with van der Waals surface area (Å²) in [6.45, 7) is 0.899. The number of anilines is 1. The molecule has 2 N–H and O–H groups in total. The summed E-state index contributed by atoms with van der Waals surface area (Å²) in [5.74, 6) is 0.969. The third-order valence-corrected chi connectivity index (χ3v) is 4.64. The van der Waals surface area contributed by atoms with E-state index in [9.17, 15) is 0 Å². The molecule has 0 saturated carbocycles. The van der Waals surface area contributed by atoms with Crippen LogP contribution in [-0.2, 0) is 6.54 Å². The SMILES string of the molecule is Nc1ccc2nc(SCCn3cccn3)sc2c1. The first-order valence-electron chi connectivity index (χ1n) is 5.57. The van der Waals surface area contributed by atoms with Crippen molar-refractivity contribution in [2.75, 3.05) is 11.5 Å². The number of nitrogens with two attached hydrogens (primary N) is 1. The lowest BCUT2D eigenvalue weighted by Gasteiger charge is -1.98. The first-order chi connectivity index (χ1) is 8.81. The zero-order chi connectivity index (χ0) is 12.4. The van der Waals surface area contributed by atoms with Gasteiger partial charge in [0.15, 0.2) is 4.34 Å². The maximum atomic E-state index is 5.76. The Hall–Kier alpha value is -1.53. The number of fused-ring (bicyclic) bond motifs is 1. The Labute approximate surface area is 113 Å². The molecule has 0 unspecified atom stereocenters. The second-order valence-electron chi connectivity index (χ2n) is 3.82. The predicted octanol–water partition coefficient (Wildman–Crippen LogP) is 2.87. The van der Waals surface area contributed by atoms with Crippen LogP contribution in [0.25, 0.3) is 10.2 Å². The molecule has 2 aromatic heterocycles. The van der Waals surface area contributed by atoms with Crippen molar-refractivity contribution in [1.29, 1.82) is 0 Å². The number of nitrogens with zero attached hydrogens (tertiary/aromatic N) is 3. The average Bonchev–Trinajstić information content (AvgIpc) is 2.97. The van der Waals surface area contributed by atoms with Crippen LogP contribution in [-0.4, -0.2) is 20.5 Å². The van der Waals surface area contributed by atoms with Crippen LogP contribution in [0.5, 0.6) is 0 Å². The third-order valence-electron chi connectivity index (χ3n) is 2.50. The largest absolute Gasteiger partial charge is 0.399 e. The predicted molar refractivity (Wildman–Crippen MR) is 77.0 cm³/mol. The summed E-state index contributed by atoms with van der Waals surface area (Å²) < 4.78 is 4.16. The van der Waals surface area contributed by atoms with Gasteiger partial charge in [-0.05, 0) is 24.3 Å². The van der Waals surface area contributed by atoms with Crippen molar-refractivity contribution in [3.05, 3.63) is 36.7 Å². The van der Waals surface area contributed by atoms with E-state index in [2.05, 4.69) is 10.1 Å². The van der Waals surface area contributed by atoms with Crippen molar-refractivity contribution in [3.8, 4) is 0 Å². The van der Waals surface area contributed by atoms with Gasteiger partial charge in [0.25, 0.3) is 0 Å². The molecule has 1 aromatic carbocycles. The lowest BCUT2D eigenvalue weighted by atomic mass is 10.3. The molecule has 0 fully saturated rings. The molecule has 18 heavy (non-hydrogen) atoms. The van der Waals surface area contributed by atoms with Crippen LogP contribution in [0.15, 0.2) is 41.0 Å². The molecule has 0 saturated heterocycles. The van der Waals surface area contributed by atoms with E-state index in [0.717, 1.165) is 32.5 Å². The molecule has 0 aliphatic rings. The Kier molecular flexibility index (Phi) is 3.21. The lowest BCUT2D eigenvalue weighted by Crippen LogP contribution is -1.99. The Balaban J connectivity index is 1.67. The fourth-order valence-corrected chi connectivity index (χ4v) is 3.76. The van der Waals surface area contributed by atoms with E-state index in [4.69, 9.17) is 5.73 Å². The molecule has 4 nitrogen and oxygen atoms in total. The Bertz CT molecular complexity index is 645. The van der Waals surface area contributed by atoms with Crippen molar-refractivity contribution in [3.63, 3.8) is 0 Å². The quantitative estimate of drug-likeness (QED) is 0.588. The van der Waals surface area contributed by atoms with Crippen LogP contribution in [0.1, 0.15) is 0 Å². The highest BCUT2D eigenvalue weighted by Gasteiger charge is 2.04. The van der Waals surface area contributed by atoms with E-state index in [1.54, 1.807) is 29.3 Å². The number of thioether (sulfide) groups is 1. The van der Waals surface area contributed by atoms with Gasteiger partial charge in [-0.15, -0.1) is 11.3 Å². The number of nitrogen functional groups attached to an aromatic ring is 1. The topological polar surface area (TPSA) is 56.7 Å². The second kappa shape index (κ2) is 4.99. The Morgan fingerprint density at radius 3 is 3.17 bits per heavy atom. The average molecular weight is 276 g/mol. The van der Waals surface area contributed by atoms with Crippen molar-refractivity contribution < 1.29 is 0 Å². The summed E-state index contributed by atoms with van der Waals surface area (Å²) in [5.41, 5.74) is 7.57. The third kappa shape index (κ3) is 2.49. The normalized spacial score (nSPS) is 11.1. The molecule has 0 aliphatic carbocycles. The summed E-state index contributed by atoms with van der Waals surface area (Å²) in [5, 5.41) is 4.17.